The van der Waals surface area contributed by atoms with Crippen LogP contribution in [0.4, 0.5) is 0 Å². The van der Waals surface area contributed by atoms with Crippen LogP contribution in [0.15, 0.2) is 22.9 Å². The molecule has 1 aliphatic carbocycles. The molecular weight excluding hydrogens is 312 g/mol. The van der Waals surface area contributed by atoms with Gasteiger partial charge in [0.05, 0.1) is 17.0 Å². The highest BCUT2D eigenvalue weighted by Crippen LogP contribution is 2.29. The van der Waals surface area contributed by atoms with Gasteiger partial charge in [-0.05, 0) is 30.2 Å². The first-order valence-electron chi connectivity index (χ1n) is 7.89. The van der Waals surface area contributed by atoms with Gasteiger partial charge in [0.2, 0.25) is 5.91 Å². The van der Waals surface area contributed by atoms with E-state index in [-0.39, 0.29) is 5.91 Å². The number of carbonyl (C=O) groups excluding carboxylic acids is 1. The van der Waals surface area contributed by atoms with E-state index >= 15 is 0 Å². The van der Waals surface area contributed by atoms with Gasteiger partial charge in [0, 0.05) is 18.5 Å². The molecule has 1 fully saturated rings. The number of thiophene rings is 1. The molecule has 118 valence electrons. The van der Waals surface area contributed by atoms with E-state index in [1.807, 2.05) is 23.4 Å². The summed E-state index contributed by atoms with van der Waals surface area (Å²) in [6.07, 6.45) is 5.34. The van der Waals surface area contributed by atoms with Crippen molar-refractivity contribution in [3.8, 4) is 9.88 Å². The Morgan fingerprint density at radius 1 is 1.36 bits per heavy atom. The zero-order valence-corrected chi connectivity index (χ0v) is 14.8. The van der Waals surface area contributed by atoms with Crippen LogP contribution in [0.5, 0.6) is 0 Å². The predicted molar refractivity (Wildman–Crippen MR) is 93.3 cm³/mol. The van der Waals surface area contributed by atoms with E-state index in [0.717, 1.165) is 17.1 Å². The third-order valence-corrected chi connectivity index (χ3v) is 6.50. The molecule has 0 radical (unpaired) electrons. The van der Waals surface area contributed by atoms with E-state index in [0.29, 0.717) is 18.4 Å². The normalized spacial score (nSPS) is 21.7. The monoisotopic (exact) mass is 334 g/mol. The van der Waals surface area contributed by atoms with Crippen LogP contribution in [0.3, 0.4) is 0 Å². The summed E-state index contributed by atoms with van der Waals surface area (Å²) in [5.41, 5.74) is 0.897. The Labute approximate surface area is 140 Å². The molecule has 0 N–H and O–H groups in total. The van der Waals surface area contributed by atoms with Crippen molar-refractivity contribution in [1.29, 1.82) is 0 Å². The van der Waals surface area contributed by atoms with Gasteiger partial charge in [-0.3, -0.25) is 4.79 Å². The molecule has 0 aliphatic heterocycles. The smallest absolute Gasteiger partial charge is 0.228 e. The van der Waals surface area contributed by atoms with Gasteiger partial charge < -0.3 is 4.90 Å². The molecular formula is C17H22N2OS2. The molecule has 0 spiro atoms. The van der Waals surface area contributed by atoms with E-state index < -0.39 is 0 Å². The minimum atomic E-state index is 0.196. The number of thiazole rings is 1. The van der Waals surface area contributed by atoms with Crippen LogP contribution in [0.2, 0.25) is 0 Å². The zero-order valence-electron chi connectivity index (χ0n) is 13.1. The van der Waals surface area contributed by atoms with Crippen molar-refractivity contribution in [2.24, 2.45) is 5.92 Å². The van der Waals surface area contributed by atoms with E-state index in [1.165, 1.54) is 24.1 Å². The van der Waals surface area contributed by atoms with Crippen LogP contribution < -0.4 is 0 Å². The maximum atomic E-state index is 12.5. The average molecular weight is 335 g/mol. The third kappa shape index (κ3) is 3.41. The summed E-state index contributed by atoms with van der Waals surface area (Å²) in [4.78, 5) is 20.3. The Morgan fingerprint density at radius 2 is 2.18 bits per heavy atom. The minimum Gasteiger partial charge on any atom is -0.342 e. The molecule has 0 aromatic carbocycles. The summed E-state index contributed by atoms with van der Waals surface area (Å²) in [5.74, 6) is 0.807. The highest BCUT2D eigenvalue weighted by Gasteiger charge is 2.28. The summed E-state index contributed by atoms with van der Waals surface area (Å²) in [5, 5.41) is 5.09. The molecule has 2 unspecified atom stereocenters. The molecule has 3 rings (SSSR count). The zero-order chi connectivity index (χ0) is 15.5. The van der Waals surface area contributed by atoms with Crippen LogP contribution >= 0.6 is 22.7 Å². The summed E-state index contributed by atoms with van der Waals surface area (Å²) >= 11 is 3.32. The average Bonchev–Trinajstić information content (AvgIpc) is 3.17. The topological polar surface area (TPSA) is 33.2 Å². The molecule has 1 amide bonds. The van der Waals surface area contributed by atoms with Gasteiger partial charge in [0.15, 0.2) is 0 Å². The number of hydrogen-bond acceptors (Lipinski definition) is 4. The molecule has 2 aromatic rings. The van der Waals surface area contributed by atoms with Gasteiger partial charge in [-0.2, -0.15) is 0 Å². The Bertz CT molecular complexity index is 620. The fourth-order valence-corrected chi connectivity index (χ4v) is 4.87. The molecule has 22 heavy (non-hydrogen) atoms. The minimum absolute atomic E-state index is 0.196. The number of rotatable bonds is 4. The van der Waals surface area contributed by atoms with Crippen molar-refractivity contribution in [3.63, 3.8) is 0 Å². The second-order valence-electron chi connectivity index (χ2n) is 6.13. The Morgan fingerprint density at radius 3 is 2.91 bits per heavy atom. The van der Waals surface area contributed by atoms with Crippen LogP contribution in [-0.4, -0.2) is 28.9 Å². The van der Waals surface area contributed by atoms with Gasteiger partial charge in [0.25, 0.3) is 0 Å². The molecule has 5 heteroatoms. The maximum Gasteiger partial charge on any atom is 0.228 e. The summed E-state index contributed by atoms with van der Waals surface area (Å²) < 4.78 is 0. The number of aromatic nitrogens is 1. The van der Waals surface area contributed by atoms with Crippen LogP contribution in [0, 0.1) is 5.92 Å². The summed E-state index contributed by atoms with van der Waals surface area (Å²) in [6, 6.07) is 4.51. The molecule has 2 atom stereocenters. The fourth-order valence-electron chi connectivity index (χ4n) is 3.24. The molecule has 2 aromatic heterocycles. The largest absolute Gasteiger partial charge is 0.342 e. The highest BCUT2D eigenvalue weighted by atomic mass is 32.1. The molecule has 3 nitrogen and oxygen atoms in total. The quantitative estimate of drug-likeness (QED) is 0.827. The van der Waals surface area contributed by atoms with Crippen molar-refractivity contribution in [3.05, 3.63) is 28.6 Å². The van der Waals surface area contributed by atoms with Crippen molar-refractivity contribution in [2.75, 3.05) is 7.05 Å². The van der Waals surface area contributed by atoms with Crippen molar-refractivity contribution in [1.82, 2.24) is 9.88 Å². The van der Waals surface area contributed by atoms with Gasteiger partial charge in [-0.25, -0.2) is 4.98 Å². The van der Waals surface area contributed by atoms with Crippen molar-refractivity contribution in [2.45, 2.75) is 45.1 Å². The fraction of sp³-hybridized carbons (Fsp3) is 0.529. The highest BCUT2D eigenvalue weighted by molar-refractivity contribution is 7.20. The first kappa shape index (κ1) is 15.7. The number of likely N-dealkylation sites (N-methyl/N-ethyl adjacent to an activating group) is 1. The number of amides is 1. The maximum absolute atomic E-state index is 12.5. The Balaban J connectivity index is 1.64. The van der Waals surface area contributed by atoms with E-state index in [2.05, 4.69) is 23.4 Å². The first-order chi connectivity index (χ1) is 10.6. The lowest BCUT2D eigenvalue weighted by atomic mass is 9.85. The van der Waals surface area contributed by atoms with Gasteiger partial charge in [0.1, 0.15) is 5.01 Å². The predicted octanol–water partition coefficient (Wildman–Crippen LogP) is 4.45. The van der Waals surface area contributed by atoms with Gasteiger partial charge in [-0.1, -0.05) is 25.8 Å². The third-order valence-electron chi connectivity index (χ3n) is 4.57. The van der Waals surface area contributed by atoms with Crippen LogP contribution in [0.1, 0.15) is 38.3 Å². The molecule has 1 saturated carbocycles. The van der Waals surface area contributed by atoms with Crippen molar-refractivity contribution < 1.29 is 4.79 Å². The lowest BCUT2D eigenvalue weighted by Crippen LogP contribution is -2.43. The van der Waals surface area contributed by atoms with E-state index in [9.17, 15) is 4.79 Å². The van der Waals surface area contributed by atoms with Crippen molar-refractivity contribution >= 4 is 28.6 Å². The SMILES string of the molecule is CC1CCCCC1N(C)C(=O)Cc1csc(-c2cccs2)n1. The summed E-state index contributed by atoms with van der Waals surface area (Å²) in [7, 11) is 1.96. The van der Waals surface area contributed by atoms with Gasteiger partial charge in [-0.15, -0.1) is 22.7 Å². The number of hydrogen-bond donors (Lipinski definition) is 0. The van der Waals surface area contributed by atoms with Gasteiger partial charge >= 0.3 is 0 Å². The lowest BCUT2D eigenvalue weighted by Gasteiger charge is -2.36. The van der Waals surface area contributed by atoms with Crippen LogP contribution in [-0.2, 0) is 11.2 Å². The standard InChI is InChI=1S/C17H22N2OS2/c1-12-6-3-4-7-14(12)19(2)16(20)10-13-11-22-17(18-13)15-8-5-9-21-15/h5,8-9,11-12,14H,3-4,6-7,10H2,1-2H3. The second-order valence-corrected chi connectivity index (χ2v) is 7.94. The molecule has 1 aliphatic rings. The molecule has 2 heterocycles. The number of nitrogens with zero attached hydrogens (tertiary/aromatic N) is 2. The molecule has 0 saturated heterocycles. The first-order valence-corrected chi connectivity index (χ1v) is 9.65. The Hall–Kier alpha value is -1.20. The Kier molecular flexibility index (Phi) is 4.93. The van der Waals surface area contributed by atoms with E-state index in [4.69, 9.17) is 0 Å². The lowest BCUT2D eigenvalue weighted by molar-refractivity contribution is -0.132. The van der Waals surface area contributed by atoms with Crippen LogP contribution in [0.25, 0.3) is 9.88 Å². The molecule has 0 bridgehead atoms. The second kappa shape index (κ2) is 6.92. The summed E-state index contributed by atoms with van der Waals surface area (Å²) in [6.45, 7) is 2.27. The number of carbonyl (C=O) groups is 1. The van der Waals surface area contributed by atoms with E-state index in [1.54, 1.807) is 22.7 Å².